The van der Waals surface area contributed by atoms with E-state index in [1.807, 2.05) is 0 Å². The molecule has 1 aromatic carbocycles. The van der Waals surface area contributed by atoms with Crippen molar-refractivity contribution in [2.45, 2.75) is 50.6 Å². The number of nitrogens with zero attached hydrogens (tertiary/aromatic N) is 1. The lowest BCUT2D eigenvalue weighted by Gasteiger charge is -2.25. The van der Waals surface area contributed by atoms with Gasteiger partial charge in [0.1, 0.15) is 23.6 Å². The molecule has 0 spiro atoms. The third kappa shape index (κ3) is 5.63. The Morgan fingerprint density at radius 3 is 2.70 bits per heavy atom. The van der Waals surface area contributed by atoms with E-state index in [2.05, 4.69) is 27.0 Å². The van der Waals surface area contributed by atoms with Crippen LogP contribution in [0.15, 0.2) is 18.2 Å². The van der Waals surface area contributed by atoms with Crippen LogP contribution in [0.25, 0.3) is 10.9 Å². The molecule has 4 rings (SSSR count). The average molecular weight is 474 g/mol. The average Bonchev–Trinajstić information content (AvgIpc) is 3.52. The van der Waals surface area contributed by atoms with E-state index in [1.165, 1.54) is 18.2 Å². The number of H-pyrrole nitrogens is 1. The van der Waals surface area contributed by atoms with Crippen LogP contribution in [-0.2, 0) is 9.59 Å². The molecular formula is C23H25ClFN5O3. The van der Waals surface area contributed by atoms with Crippen molar-refractivity contribution in [1.82, 2.24) is 20.9 Å². The maximum absolute atomic E-state index is 13.7. The molecule has 1 aliphatic carbocycles. The highest BCUT2D eigenvalue weighted by Gasteiger charge is 2.33. The largest absolute Gasteiger partial charge is 0.356 e. The van der Waals surface area contributed by atoms with Crippen molar-refractivity contribution < 1.29 is 18.8 Å². The Labute approximate surface area is 195 Å². The van der Waals surface area contributed by atoms with Crippen LogP contribution >= 0.6 is 11.6 Å². The molecule has 33 heavy (non-hydrogen) atoms. The number of benzene rings is 1. The Morgan fingerprint density at radius 1 is 1.21 bits per heavy atom. The maximum Gasteiger partial charge on any atom is 0.268 e. The first kappa shape index (κ1) is 23.1. The van der Waals surface area contributed by atoms with Gasteiger partial charge in [-0.25, -0.2) is 4.39 Å². The highest BCUT2D eigenvalue weighted by molar-refractivity contribution is 6.31. The molecular weight excluding hydrogens is 449 g/mol. The lowest BCUT2D eigenvalue weighted by Crippen LogP contribution is -2.50. The summed E-state index contributed by atoms with van der Waals surface area (Å²) in [4.78, 5) is 40.7. The number of hydrogen-bond acceptors (Lipinski definition) is 4. The molecule has 3 atom stereocenters. The minimum absolute atomic E-state index is 0.0588. The molecule has 174 valence electrons. The van der Waals surface area contributed by atoms with E-state index >= 15 is 0 Å². The van der Waals surface area contributed by atoms with Crippen molar-refractivity contribution in [3.05, 3.63) is 34.7 Å². The van der Waals surface area contributed by atoms with Crippen LogP contribution < -0.4 is 16.0 Å². The summed E-state index contributed by atoms with van der Waals surface area (Å²) in [5.74, 6) is -1.64. The lowest BCUT2D eigenvalue weighted by molar-refractivity contribution is -0.128. The van der Waals surface area contributed by atoms with Crippen LogP contribution in [0.4, 0.5) is 4.39 Å². The number of aromatic nitrogens is 1. The third-order valence-corrected chi connectivity index (χ3v) is 6.48. The van der Waals surface area contributed by atoms with Crippen molar-refractivity contribution in [2.75, 3.05) is 6.54 Å². The lowest BCUT2D eigenvalue weighted by atomic mass is 9.92. The molecule has 2 heterocycles. The molecule has 0 unspecified atom stereocenters. The van der Waals surface area contributed by atoms with Gasteiger partial charge in [0.05, 0.1) is 11.1 Å². The first-order valence-corrected chi connectivity index (χ1v) is 11.5. The predicted molar refractivity (Wildman–Crippen MR) is 120 cm³/mol. The van der Waals surface area contributed by atoms with Crippen molar-refractivity contribution in [3.63, 3.8) is 0 Å². The van der Waals surface area contributed by atoms with Gasteiger partial charge >= 0.3 is 0 Å². The Kier molecular flexibility index (Phi) is 6.84. The fourth-order valence-corrected chi connectivity index (χ4v) is 4.33. The van der Waals surface area contributed by atoms with E-state index in [0.717, 1.165) is 19.3 Å². The number of hydrogen-bond donors (Lipinski definition) is 4. The highest BCUT2D eigenvalue weighted by atomic mass is 35.5. The summed E-state index contributed by atoms with van der Waals surface area (Å²) in [7, 11) is 0. The van der Waals surface area contributed by atoms with Crippen molar-refractivity contribution in [3.8, 4) is 6.07 Å². The molecule has 3 amide bonds. The quantitative estimate of drug-likeness (QED) is 0.470. The fourth-order valence-electron chi connectivity index (χ4n) is 4.16. The number of carbonyl (C=O) groups excluding carboxylic acids is 3. The molecule has 0 radical (unpaired) electrons. The molecule has 1 aliphatic heterocycles. The van der Waals surface area contributed by atoms with E-state index in [0.29, 0.717) is 36.2 Å². The van der Waals surface area contributed by atoms with Gasteiger partial charge in [-0.2, -0.15) is 5.26 Å². The molecule has 2 aliphatic rings. The number of fused-ring (bicyclic) bond motifs is 1. The maximum atomic E-state index is 13.7. The van der Waals surface area contributed by atoms with Crippen LogP contribution in [0.3, 0.4) is 0 Å². The standard InChI is InChI=1S/C23H25ClFN5O3/c24-16-10-18-14(8-17(16)25)9-20(29-18)23(33)30-19(6-12-3-4-12)22(32)28-15(11-26)7-13-2-1-5-27-21(13)31/h8-10,12-13,15,19,29H,1-7H2,(H,27,31)(H,28,32)(H,30,33)/t13-,15-,19-/m0/s1. The van der Waals surface area contributed by atoms with Crippen LogP contribution in [0.2, 0.25) is 5.02 Å². The van der Waals surface area contributed by atoms with Gasteiger partial charge in [0.25, 0.3) is 5.91 Å². The zero-order chi connectivity index (χ0) is 23.5. The fraction of sp³-hybridized carbons (Fsp3) is 0.478. The molecule has 0 bridgehead atoms. The van der Waals surface area contributed by atoms with Crippen molar-refractivity contribution >= 4 is 40.2 Å². The van der Waals surface area contributed by atoms with Gasteiger partial charge in [-0.05, 0) is 49.8 Å². The number of halogens is 2. The second-order valence-corrected chi connectivity index (χ2v) is 9.21. The van der Waals surface area contributed by atoms with Gasteiger partial charge in [0, 0.05) is 23.4 Å². The van der Waals surface area contributed by atoms with Crippen molar-refractivity contribution in [1.29, 1.82) is 5.26 Å². The van der Waals surface area contributed by atoms with Crippen molar-refractivity contribution in [2.24, 2.45) is 11.8 Å². The van der Waals surface area contributed by atoms with E-state index in [9.17, 15) is 24.0 Å². The number of piperidine rings is 1. The molecule has 1 saturated heterocycles. The number of nitriles is 1. The molecule has 8 nitrogen and oxygen atoms in total. The first-order valence-electron chi connectivity index (χ1n) is 11.1. The predicted octanol–water partition coefficient (Wildman–Crippen LogP) is 2.78. The van der Waals surface area contributed by atoms with Crippen LogP contribution in [0.5, 0.6) is 0 Å². The Hall–Kier alpha value is -3.12. The molecule has 10 heteroatoms. The highest BCUT2D eigenvalue weighted by Crippen LogP contribution is 2.33. The number of nitrogens with one attached hydrogen (secondary N) is 4. The zero-order valence-electron chi connectivity index (χ0n) is 17.9. The Balaban J connectivity index is 1.43. The monoisotopic (exact) mass is 473 g/mol. The van der Waals surface area contributed by atoms with Crippen LogP contribution in [0.1, 0.15) is 49.0 Å². The van der Waals surface area contributed by atoms with Gasteiger partial charge in [-0.1, -0.05) is 24.4 Å². The number of amides is 3. The smallest absolute Gasteiger partial charge is 0.268 e. The molecule has 1 aromatic heterocycles. The summed E-state index contributed by atoms with van der Waals surface area (Å²) < 4.78 is 13.7. The summed E-state index contributed by atoms with van der Waals surface area (Å²) in [6, 6.07) is 4.53. The summed E-state index contributed by atoms with van der Waals surface area (Å²) >= 11 is 5.81. The van der Waals surface area contributed by atoms with Gasteiger partial charge < -0.3 is 20.9 Å². The SMILES string of the molecule is N#C[C@H](C[C@@H]1CCCNC1=O)NC(=O)[C@H](CC1CC1)NC(=O)c1cc2cc(F)c(Cl)cc2[nH]1. The number of rotatable bonds is 8. The molecule has 1 saturated carbocycles. The second kappa shape index (κ2) is 9.79. The minimum Gasteiger partial charge on any atom is -0.356 e. The van der Waals surface area contributed by atoms with Gasteiger partial charge in [0.15, 0.2) is 0 Å². The van der Waals surface area contributed by atoms with E-state index < -0.39 is 29.7 Å². The van der Waals surface area contributed by atoms with E-state index in [1.54, 1.807) is 0 Å². The molecule has 4 N–H and O–H groups in total. The normalized spacial score (nSPS) is 19.9. The van der Waals surface area contributed by atoms with Gasteiger partial charge in [0.2, 0.25) is 11.8 Å². The van der Waals surface area contributed by atoms with Gasteiger partial charge in [-0.3, -0.25) is 14.4 Å². The van der Waals surface area contributed by atoms with Crippen LogP contribution in [0, 0.1) is 29.0 Å². The summed E-state index contributed by atoms with van der Waals surface area (Å²) in [6.07, 6.45) is 4.16. The number of aromatic amines is 1. The van der Waals surface area contributed by atoms with E-state index in [4.69, 9.17) is 11.6 Å². The Bertz CT molecular complexity index is 1080. The summed E-state index contributed by atoms with van der Waals surface area (Å²) in [5, 5.41) is 18.2. The van der Waals surface area contributed by atoms with Gasteiger partial charge in [-0.15, -0.1) is 0 Å². The topological polar surface area (TPSA) is 127 Å². The molecule has 2 aromatic rings. The minimum atomic E-state index is -0.830. The second-order valence-electron chi connectivity index (χ2n) is 8.80. The summed E-state index contributed by atoms with van der Waals surface area (Å²) in [5.41, 5.74) is 0.682. The van der Waals surface area contributed by atoms with E-state index in [-0.39, 0.29) is 29.0 Å². The Morgan fingerprint density at radius 2 is 2.00 bits per heavy atom. The third-order valence-electron chi connectivity index (χ3n) is 6.19. The molecule has 2 fully saturated rings. The first-order chi connectivity index (χ1) is 15.8. The zero-order valence-corrected chi connectivity index (χ0v) is 18.7. The number of carbonyl (C=O) groups is 3. The summed E-state index contributed by atoms with van der Waals surface area (Å²) in [6.45, 7) is 0.626. The van der Waals surface area contributed by atoms with Crippen LogP contribution in [-0.4, -0.2) is 41.3 Å².